The van der Waals surface area contributed by atoms with Crippen molar-refractivity contribution < 1.29 is 31.9 Å². The summed E-state index contributed by atoms with van der Waals surface area (Å²) in [7, 11) is 0. The van der Waals surface area contributed by atoms with Crippen LogP contribution in [0.4, 0.5) is 18.9 Å². The number of furan rings is 1. The summed E-state index contributed by atoms with van der Waals surface area (Å²) in [6, 6.07) is 5.56. The van der Waals surface area contributed by atoms with Gasteiger partial charge in [-0.05, 0) is 54.7 Å². The molecule has 0 fully saturated rings. The number of rotatable bonds is 5. The van der Waals surface area contributed by atoms with Gasteiger partial charge in [-0.2, -0.15) is 0 Å². The Kier molecular flexibility index (Phi) is 5.00. The highest BCUT2D eigenvalue weighted by atomic mass is 19.2. The largest absolute Gasteiger partial charge is 0.464 e. The van der Waals surface area contributed by atoms with E-state index in [0.717, 1.165) is 30.7 Å². The third-order valence-electron chi connectivity index (χ3n) is 4.88. The highest BCUT2D eigenvalue weighted by molar-refractivity contribution is 5.93. The van der Waals surface area contributed by atoms with Crippen LogP contribution in [0.5, 0.6) is 0 Å². The van der Waals surface area contributed by atoms with E-state index in [-0.39, 0.29) is 6.42 Å². The lowest BCUT2D eigenvalue weighted by Crippen LogP contribution is -2.22. The molecule has 1 N–H and O–H groups in total. The number of hydrogen-bond donors (Lipinski definition) is 1. The molecular formula is C21H16F3NO4. The molecule has 0 radical (unpaired) electrons. The minimum absolute atomic E-state index is 0.0986. The van der Waals surface area contributed by atoms with Crippen molar-refractivity contribution in [3.63, 3.8) is 0 Å². The first kappa shape index (κ1) is 19.0. The van der Waals surface area contributed by atoms with Crippen LogP contribution in [0.25, 0.3) is 11.0 Å². The average molecular weight is 403 g/mol. The molecular weight excluding hydrogens is 387 g/mol. The molecule has 29 heavy (non-hydrogen) atoms. The van der Waals surface area contributed by atoms with Gasteiger partial charge >= 0.3 is 5.97 Å². The average Bonchev–Trinajstić information content (AvgIpc) is 3.31. The number of nitrogens with one attached hydrogen (secondary N) is 1. The first-order valence-corrected chi connectivity index (χ1v) is 9.03. The van der Waals surface area contributed by atoms with E-state index in [2.05, 4.69) is 0 Å². The number of esters is 1. The molecule has 4 rings (SSSR count). The van der Waals surface area contributed by atoms with Crippen LogP contribution in [-0.2, 0) is 33.6 Å². The van der Waals surface area contributed by atoms with Gasteiger partial charge in [0.2, 0.25) is 0 Å². The van der Waals surface area contributed by atoms with Crippen molar-refractivity contribution in [2.24, 2.45) is 0 Å². The highest BCUT2D eigenvalue weighted by Crippen LogP contribution is 2.30. The normalized spacial score (nSPS) is 12.8. The summed E-state index contributed by atoms with van der Waals surface area (Å²) >= 11 is 0. The van der Waals surface area contributed by atoms with Gasteiger partial charge in [0.1, 0.15) is 5.58 Å². The van der Waals surface area contributed by atoms with E-state index in [1.165, 1.54) is 17.4 Å². The van der Waals surface area contributed by atoms with E-state index in [4.69, 9.17) is 9.15 Å². The molecule has 0 saturated carbocycles. The number of fused-ring (bicyclic) bond motifs is 2. The standard InChI is InChI=1S/C21H16F3NO4/c22-15-4-5-16(21(24)20(15)23)25-18(26)10-29-19(27)8-13-9-28-17-7-12-3-1-2-11(12)6-14(13)17/h4-7,9H,1-3,8,10H2,(H,25,26). The van der Waals surface area contributed by atoms with Crippen molar-refractivity contribution in [1.82, 2.24) is 0 Å². The lowest BCUT2D eigenvalue weighted by Gasteiger charge is -2.08. The van der Waals surface area contributed by atoms with Gasteiger partial charge in [-0.3, -0.25) is 9.59 Å². The minimum atomic E-state index is -1.70. The van der Waals surface area contributed by atoms with Crippen molar-refractivity contribution in [3.8, 4) is 0 Å². The zero-order valence-electron chi connectivity index (χ0n) is 15.2. The fourth-order valence-electron chi connectivity index (χ4n) is 3.45. The Morgan fingerprint density at radius 3 is 2.62 bits per heavy atom. The molecule has 0 spiro atoms. The Hall–Kier alpha value is -3.29. The predicted octanol–water partition coefficient (Wildman–Crippen LogP) is 4.06. The van der Waals surface area contributed by atoms with Gasteiger partial charge in [0.25, 0.3) is 5.91 Å². The van der Waals surface area contributed by atoms with Crippen LogP contribution in [0, 0.1) is 17.5 Å². The summed E-state index contributed by atoms with van der Waals surface area (Å²) < 4.78 is 50.1. The van der Waals surface area contributed by atoms with Crippen molar-refractivity contribution in [2.45, 2.75) is 25.7 Å². The molecule has 0 unspecified atom stereocenters. The van der Waals surface area contributed by atoms with Gasteiger partial charge in [0.05, 0.1) is 18.4 Å². The van der Waals surface area contributed by atoms with Gasteiger partial charge in [0.15, 0.2) is 24.1 Å². The molecule has 1 aromatic heterocycles. The number of anilines is 1. The van der Waals surface area contributed by atoms with E-state index in [1.807, 2.05) is 17.4 Å². The van der Waals surface area contributed by atoms with E-state index < -0.39 is 41.6 Å². The molecule has 0 bridgehead atoms. The van der Waals surface area contributed by atoms with Crippen LogP contribution in [0.1, 0.15) is 23.1 Å². The van der Waals surface area contributed by atoms with Crippen LogP contribution < -0.4 is 5.32 Å². The van der Waals surface area contributed by atoms with Crippen molar-refractivity contribution in [3.05, 3.63) is 64.7 Å². The van der Waals surface area contributed by atoms with E-state index >= 15 is 0 Å². The lowest BCUT2D eigenvalue weighted by atomic mass is 10.0. The highest BCUT2D eigenvalue weighted by Gasteiger charge is 2.19. The summed E-state index contributed by atoms with van der Waals surface area (Å²) in [6.45, 7) is -0.692. The number of amides is 1. The summed E-state index contributed by atoms with van der Waals surface area (Å²) in [4.78, 5) is 23.9. The first-order valence-electron chi connectivity index (χ1n) is 9.03. The van der Waals surface area contributed by atoms with Crippen molar-refractivity contribution in [1.29, 1.82) is 0 Å². The second kappa shape index (κ2) is 7.62. The molecule has 0 atom stereocenters. The molecule has 150 valence electrons. The number of benzene rings is 2. The Morgan fingerprint density at radius 1 is 1.07 bits per heavy atom. The van der Waals surface area contributed by atoms with E-state index in [1.54, 1.807) is 0 Å². The number of carbonyl (C=O) groups is 2. The van der Waals surface area contributed by atoms with Gasteiger partial charge in [-0.15, -0.1) is 0 Å². The Bertz CT molecular complexity index is 1120. The Balaban J connectivity index is 1.36. The second-order valence-electron chi connectivity index (χ2n) is 6.84. The molecule has 1 aliphatic rings. The lowest BCUT2D eigenvalue weighted by molar-refractivity contribution is -0.146. The van der Waals surface area contributed by atoms with Crippen LogP contribution >= 0.6 is 0 Å². The molecule has 0 aliphatic heterocycles. The van der Waals surface area contributed by atoms with Crippen molar-refractivity contribution in [2.75, 3.05) is 11.9 Å². The maximum Gasteiger partial charge on any atom is 0.310 e. The molecule has 2 aromatic carbocycles. The molecule has 3 aromatic rings. The van der Waals surface area contributed by atoms with E-state index in [0.29, 0.717) is 17.2 Å². The van der Waals surface area contributed by atoms with Crippen molar-refractivity contribution >= 4 is 28.5 Å². The first-order chi connectivity index (χ1) is 13.9. The molecule has 1 aliphatic carbocycles. The van der Waals surface area contributed by atoms with Gasteiger partial charge < -0.3 is 14.5 Å². The summed E-state index contributed by atoms with van der Waals surface area (Å²) in [5, 5.41) is 2.86. The van der Waals surface area contributed by atoms with Crippen LogP contribution in [0.15, 0.2) is 34.9 Å². The topological polar surface area (TPSA) is 68.5 Å². The second-order valence-corrected chi connectivity index (χ2v) is 6.84. The summed E-state index contributed by atoms with van der Waals surface area (Å²) in [5.41, 5.74) is 3.29. The number of hydrogen-bond acceptors (Lipinski definition) is 4. The number of aryl methyl sites for hydroxylation is 2. The Morgan fingerprint density at radius 2 is 1.83 bits per heavy atom. The quantitative estimate of drug-likeness (QED) is 0.515. The molecule has 5 nitrogen and oxygen atoms in total. The van der Waals surface area contributed by atoms with Gasteiger partial charge in [0, 0.05) is 10.9 Å². The van der Waals surface area contributed by atoms with Crippen LogP contribution in [-0.4, -0.2) is 18.5 Å². The zero-order valence-corrected chi connectivity index (χ0v) is 15.2. The van der Waals surface area contributed by atoms with Crippen LogP contribution in [0.3, 0.4) is 0 Å². The molecule has 1 heterocycles. The zero-order chi connectivity index (χ0) is 20.5. The molecule has 8 heteroatoms. The third kappa shape index (κ3) is 3.83. The Labute approximate surface area is 163 Å². The number of carbonyl (C=O) groups excluding carboxylic acids is 2. The fourth-order valence-corrected chi connectivity index (χ4v) is 3.45. The molecule has 1 amide bonds. The third-order valence-corrected chi connectivity index (χ3v) is 4.88. The molecule has 0 saturated heterocycles. The minimum Gasteiger partial charge on any atom is -0.464 e. The van der Waals surface area contributed by atoms with E-state index in [9.17, 15) is 22.8 Å². The summed E-state index contributed by atoms with van der Waals surface area (Å²) in [5.74, 6) is -6.14. The summed E-state index contributed by atoms with van der Waals surface area (Å²) in [6.07, 6.45) is 4.47. The SMILES string of the molecule is O=C(COC(=O)Cc1coc2cc3c(cc12)CCC3)Nc1ccc(F)c(F)c1F. The maximum absolute atomic E-state index is 13.6. The predicted molar refractivity (Wildman–Crippen MR) is 97.8 cm³/mol. The van der Waals surface area contributed by atoms with Gasteiger partial charge in [-0.25, -0.2) is 13.2 Å². The number of halogens is 3. The monoisotopic (exact) mass is 403 g/mol. The van der Waals surface area contributed by atoms with Crippen LogP contribution in [0.2, 0.25) is 0 Å². The fraction of sp³-hybridized carbons (Fsp3) is 0.238. The number of ether oxygens (including phenoxy) is 1. The maximum atomic E-state index is 13.6. The smallest absolute Gasteiger partial charge is 0.310 e. The van der Waals surface area contributed by atoms with Gasteiger partial charge in [-0.1, -0.05) is 0 Å².